The first-order valence-corrected chi connectivity index (χ1v) is 5.26. The Hall–Kier alpha value is -1.58. The zero-order valence-electron chi connectivity index (χ0n) is 8.53. The number of hydrogen-bond donors (Lipinski definition) is 2. The first-order valence-electron chi connectivity index (χ1n) is 4.88. The lowest BCUT2D eigenvalue weighted by molar-refractivity contribution is 1.02. The standard InChI is InChI=1S/C12H11ClN2O/c13-11-3-1-8(2-4-11)10-5-9(6-14)12(16)15-7-10/h1-5,7H,6,14H2,(H,15,16). The van der Waals surface area contributed by atoms with Gasteiger partial charge in [0.1, 0.15) is 0 Å². The van der Waals surface area contributed by atoms with E-state index in [-0.39, 0.29) is 12.1 Å². The maximum Gasteiger partial charge on any atom is 0.252 e. The van der Waals surface area contributed by atoms with Crippen LogP contribution in [0.5, 0.6) is 0 Å². The van der Waals surface area contributed by atoms with Crippen LogP contribution in [0.3, 0.4) is 0 Å². The third-order valence-corrected chi connectivity index (χ3v) is 2.63. The molecule has 2 aromatic rings. The number of hydrogen-bond acceptors (Lipinski definition) is 2. The van der Waals surface area contributed by atoms with Crippen LogP contribution in [0.25, 0.3) is 11.1 Å². The largest absolute Gasteiger partial charge is 0.328 e. The fourth-order valence-electron chi connectivity index (χ4n) is 1.49. The van der Waals surface area contributed by atoms with Gasteiger partial charge < -0.3 is 10.7 Å². The topological polar surface area (TPSA) is 58.9 Å². The van der Waals surface area contributed by atoms with Gasteiger partial charge in [-0.25, -0.2) is 0 Å². The summed E-state index contributed by atoms with van der Waals surface area (Å²) in [6, 6.07) is 9.21. The predicted octanol–water partition coefficient (Wildman–Crippen LogP) is 2.15. The van der Waals surface area contributed by atoms with E-state index in [1.807, 2.05) is 24.3 Å². The molecule has 0 saturated carbocycles. The monoisotopic (exact) mass is 234 g/mol. The van der Waals surface area contributed by atoms with Crippen molar-refractivity contribution < 1.29 is 0 Å². The third-order valence-electron chi connectivity index (χ3n) is 2.38. The third kappa shape index (κ3) is 2.15. The Balaban J connectivity index is 2.48. The van der Waals surface area contributed by atoms with Crippen LogP contribution in [0.1, 0.15) is 5.56 Å². The number of aromatic amines is 1. The lowest BCUT2D eigenvalue weighted by Crippen LogP contribution is -2.15. The second-order valence-electron chi connectivity index (χ2n) is 3.45. The van der Waals surface area contributed by atoms with E-state index in [9.17, 15) is 4.79 Å². The van der Waals surface area contributed by atoms with Crippen molar-refractivity contribution in [3.8, 4) is 11.1 Å². The summed E-state index contributed by atoms with van der Waals surface area (Å²) < 4.78 is 0. The van der Waals surface area contributed by atoms with Crippen LogP contribution in [0.2, 0.25) is 5.02 Å². The summed E-state index contributed by atoms with van der Waals surface area (Å²) >= 11 is 5.81. The quantitative estimate of drug-likeness (QED) is 0.837. The van der Waals surface area contributed by atoms with Crippen LogP contribution in [0.15, 0.2) is 41.3 Å². The molecule has 0 fully saturated rings. The highest BCUT2D eigenvalue weighted by Crippen LogP contribution is 2.20. The molecule has 3 nitrogen and oxygen atoms in total. The maximum absolute atomic E-state index is 11.3. The fraction of sp³-hybridized carbons (Fsp3) is 0.0833. The molecule has 1 heterocycles. The zero-order chi connectivity index (χ0) is 11.5. The number of benzene rings is 1. The molecule has 0 unspecified atom stereocenters. The Morgan fingerprint density at radius 3 is 2.50 bits per heavy atom. The minimum absolute atomic E-state index is 0.139. The van der Waals surface area contributed by atoms with Crippen LogP contribution in [-0.2, 0) is 6.54 Å². The number of pyridine rings is 1. The van der Waals surface area contributed by atoms with Gasteiger partial charge in [0.2, 0.25) is 0 Å². The van der Waals surface area contributed by atoms with Gasteiger partial charge in [-0.05, 0) is 29.3 Å². The molecule has 3 N–H and O–H groups in total. The molecule has 0 atom stereocenters. The summed E-state index contributed by atoms with van der Waals surface area (Å²) in [5.41, 5.74) is 7.84. The molecule has 0 amide bonds. The lowest BCUT2D eigenvalue weighted by Gasteiger charge is -2.03. The van der Waals surface area contributed by atoms with E-state index in [1.54, 1.807) is 12.3 Å². The van der Waals surface area contributed by atoms with Crippen molar-refractivity contribution >= 4 is 11.6 Å². The normalized spacial score (nSPS) is 10.4. The molecule has 0 spiro atoms. The van der Waals surface area contributed by atoms with Crippen molar-refractivity contribution in [1.29, 1.82) is 0 Å². The second kappa shape index (κ2) is 4.51. The highest BCUT2D eigenvalue weighted by atomic mass is 35.5. The van der Waals surface area contributed by atoms with E-state index in [2.05, 4.69) is 4.98 Å². The fourth-order valence-corrected chi connectivity index (χ4v) is 1.62. The SMILES string of the molecule is NCc1cc(-c2ccc(Cl)cc2)c[nH]c1=O. The molecule has 4 heteroatoms. The summed E-state index contributed by atoms with van der Waals surface area (Å²) in [6.07, 6.45) is 1.67. The van der Waals surface area contributed by atoms with E-state index in [0.29, 0.717) is 10.6 Å². The van der Waals surface area contributed by atoms with Crippen LogP contribution in [-0.4, -0.2) is 4.98 Å². The zero-order valence-corrected chi connectivity index (χ0v) is 9.29. The molecule has 2 rings (SSSR count). The maximum atomic E-state index is 11.3. The summed E-state index contributed by atoms with van der Waals surface area (Å²) in [7, 11) is 0. The minimum Gasteiger partial charge on any atom is -0.328 e. The Bertz CT molecular complexity index is 546. The van der Waals surface area contributed by atoms with Crippen molar-refractivity contribution in [2.45, 2.75) is 6.54 Å². The highest BCUT2D eigenvalue weighted by Gasteiger charge is 2.02. The molecule has 1 aromatic carbocycles. The van der Waals surface area contributed by atoms with Gasteiger partial charge in [-0.1, -0.05) is 23.7 Å². The van der Waals surface area contributed by atoms with Crippen molar-refractivity contribution in [2.24, 2.45) is 5.73 Å². The first-order chi connectivity index (χ1) is 7.70. The van der Waals surface area contributed by atoms with Gasteiger partial charge in [-0.15, -0.1) is 0 Å². The van der Waals surface area contributed by atoms with Gasteiger partial charge in [-0.3, -0.25) is 4.79 Å². The molecule has 0 aliphatic heterocycles. The summed E-state index contributed by atoms with van der Waals surface area (Å²) in [4.78, 5) is 14.0. The Morgan fingerprint density at radius 1 is 1.19 bits per heavy atom. The smallest absolute Gasteiger partial charge is 0.252 e. The van der Waals surface area contributed by atoms with Crippen LogP contribution in [0, 0.1) is 0 Å². The average molecular weight is 235 g/mol. The number of nitrogens with two attached hydrogens (primary N) is 1. The Labute approximate surface area is 97.9 Å². The van der Waals surface area contributed by atoms with Crippen LogP contribution >= 0.6 is 11.6 Å². The molecule has 82 valence electrons. The van der Waals surface area contributed by atoms with Crippen molar-refractivity contribution in [1.82, 2.24) is 4.98 Å². The molecular weight excluding hydrogens is 224 g/mol. The van der Waals surface area contributed by atoms with Gasteiger partial charge in [0, 0.05) is 23.3 Å². The van der Waals surface area contributed by atoms with Gasteiger partial charge in [0.15, 0.2) is 0 Å². The number of nitrogens with one attached hydrogen (secondary N) is 1. The van der Waals surface area contributed by atoms with Crippen LogP contribution < -0.4 is 11.3 Å². The van der Waals surface area contributed by atoms with E-state index in [0.717, 1.165) is 11.1 Å². The minimum atomic E-state index is -0.139. The lowest BCUT2D eigenvalue weighted by atomic mass is 10.1. The molecule has 1 aromatic heterocycles. The highest BCUT2D eigenvalue weighted by molar-refractivity contribution is 6.30. The van der Waals surface area contributed by atoms with Gasteiger partial charge >= 0.3 is 0 Å². The molecule has 0 aliphatic carbocycles. The van der Waals surface area contributed by atoms with Gasteiger partial charge in [0.05, 0.1) is 0 Å². The number of aromatic nitrogens is 1. The van der Waals surface area contributed by atoms with Gasteiger partial charge in [0.25, 0.3) is 5.56 Å². The molecule has 0 aliphatic rings. The average Bonchev–Trinajstić information content (AvgIpc) is 2.31. The number of halogens is 1. The number of H-pyrrole nitrogens is 1. The first kappa shape index (κ1) is 10.9. The van der Waals surface area contributed by atoms with E-state index in [4.69, 9.17) is 17.3 Å². The molecule has 16 heavy (non-hydrogen) atoms. The van der Waals surface area contributed by atoms with Crippen molar-refractivity contribution in [3.05, 3.63) is 57.5 Å². The molecular formula is C12H11ClN2O. The Kier molecular flexibility index (Phi) is 3.08. The van der Waals surface area contributed by atoms with Crippen LogP contribution in [0.4, 0.5) is 0 Å². The van der Waals surface area contributed by atoms with Crippen molar-refractivity contribution in [3.63, 3.8) is 0 Å². The van der Waals surface area contributed by atoms with Crippen molar-refractivity contribution in [2.75, 3.05) is 0 Å². The second-order valence-corrected chi connectivity index (χ2v) is 3.89. The summed E-state index contributed by atoms with van der Waals surface area (Å²) in [5.74, 6) is 0. The number of rotatable bonds is 2. The van der Waals surface area contributed by atoms with E-state index < -0.39 is 0 Å². The van der Waals surface area contributed by atoms with E-state index in [1.165, 1.54) is 0 Å². The molecule has 0 bridgehead atoms. The molecule has 0 radical (unpaired) electrons. The Morgan fingerprint density at radius 2 is 1.88 bits per heavy atom. The predicted molar refractivity (Wildman–Crippen MR) is 65.4 cm³/mol. The van der Waals surface area contributed by atoms with E-state index >= 15 is 0 Å². The molecule has 0 saturated heterocycles. The summed E-state index contributed by atoms with van der Waals surface area (Å²) in [5, 5.41) is 0.687. The summed E-state index contributed by atoms with van der Waals surface area (Å²) in [6.45, 7) is 0.233. The van der Waals surface area contributed by atoms with Gasteiger partial charge in [-0.2, -0.15) is 0 Å².